The Morgan fingerprint density at radius 2 is 1.00 bits per heavy atom. The molecule has 0 unspecified atom stereocenters. The van der Waals surface area contributed by atoms with E-state index in [-0.39, 0.29) is 19.5 Å². The minimum Gasteiger partial charge on any atom is -0.254 e. The summed E-state index contributed by atoms with van der Waals surface area (Å²) in [6, 6.07) is 15.8. The summed E-state index contributed by atoms with van der Waals surface area (Å²) in [5.41, 5.74) is 5.28. The van der Waals surface area contributed by atoms with Crippen LogP contribution >= 0.6 is 0 Å². The van der Waals surface area contributed by atoms with Gasteiger partial charge in [0.25, 0.3) is 0 Å². The van der Waals surface area contributed by atoms with Crippen molar-refractivity contribution in [2.24, 2.45) is 0 Å². The molecule has 0 aliphatic heterocycles. The molecule has 3 aromatic heterocycles. The topological polar surface area (TPSA) is 51.6 Å². The fraction of sp³-hybridized carbons (Fsp3) is 0. The Labute approximate surface area is 144 Å². The first kappa shape index (κ1) is 14.1. The van der Waals surface area contributed by atoms with E-state index in [2.05, 4.69) is 9.97 Å². The van der Waals surface area contributed by atoms with Gasteiger partial charge in [0.15, 0.2) is 0 Å². The third-order valence-corrected chi connectivity index (χ3v) is 3.92. The smallest absolute Gasteiger partial charge is 0.0996 e. The molecule has 0 saturated heterocycles. The average molecular weight is 383 g/mol. The second-order valence-corrected chi connectivity index (χ2v) is 5.21. The first-order valence-electron chi connectivity index (χ1n) is 7.10. The Kier molecular flexibility index (Phi) is 3.24. The number of hydrogen-bond acceptors (Lipinski definition) is 4. The summed E-state index contributed by atoms with van der Waals surface area (Å²) < 4.78 is 0. The molecule has 5 heteroatoms. The summed E-state index contributed by atoms with van der Waals surface area (Å²) in [4.78, 5) is 18.7. The summed E-state index contributed by atoms with van der Waals surface area (Å²) in [7, 11) is 0. The minimum absolute atomic E-state index is 0. The van der Waals surface area contributed by atoms with Crippen molar-refractivity contribution in [1.29, 1.82) is 0 Å². The van der Waals surface area contributed by atoms with Crippen LogP contribution in [0, 0.1) is 0 Å². The summed E-state index contributed by atoms with van der Waals surface area (Å²) in [6.45, 7) is 0. The van der Waals surface area contributed by atoms with Crippen LogP contribution in [0.5, 0.6) is 0 Å². The van der Waals surface area contributed by atoms with Crippen molar-refractivity contribution in [3.05, 3.63) is 60.9 Å². The van der Waals surface area contributed by atoms with Gasteiger partial charge in [0.2, 0.25) is 0 Å². The standard InChI is InChI=1S/C18H10N4.Ru/c1-2-8-14-13(7-1)21-17-11-5-3-9-19-15(11)16-12(18(17)22-14)6-4-10-20-16;/h1-10H;. The van der Waals surface area contributed by atoms with Gasteiger partial charge in [-0.15, -0.1) is 0 Å². The molecule has 2 aromatic carbocycles. The maximum absolute atomic E-state index is 4.83. The first-order valence-corrected chi connectivity index (χ1v) is 7.10. The average Bonchev–Trinajstić information content (AvgIpc) is 2.61. The number of para-hydroxylation sites is 2. The zero-order valence-corrected chi connectivity index (χ0v) is 13.7. The molecule has 110 valence electrons. The molecule has 23 heavy (non-hydrogen) atoms. The van der Waals surface area contributed by atoms with Gasteiger partial charge < -0.3 is 0 Å². The van der Waals surface area contributed by atoms with Gasteiger partial charge in [0.1, 0.15) is 0 Å². The molecule has 0 fully saturated rings. The van der Waals surface area contributed by atoms with Crippen molar-refractivity contribution in [2.75, 3.05) is 0 Å². The number of hydrogen-bond donors (Lipinski definition) is 0. The van der Waals surface area contributed by atoms with Crippen LogP contribution in [0.15, 0.2) is 60.9 Å². The Morgan fingerprint density at radius 1 is 0.522 bits per heavy atom. The molecule has 5 aromatic rings. The van der Waals surface area contributed by atoms with Gasteiger partial charge in [-0.1, -0.05) is 12.1 Å². The zero-order valence-electron chi connectivity index (χ0n) is 11.9. The van der Waals surface area contributed by atoms with E-state index in [0.717, 1.165) is 43.9 Å². The number of fused-ring (bicyclic) bond motifs is 7. The summed E-state index contributed by atoms with van der Waals surface area (Å²) >= 11 is 0. The van der Waals surface area contributed by atoms with Crippen LogP contribution in [0.4, 0.5) is 0 Å². The number of pyridine rings is 2. The molecule has 0 aliphatic carbocycles. The van der Waals surface area contributed by atoms with Crippen molar-refractivity contribution >= 4 is 43.9 Å². The van der Waals surface area contributed by atoms with E-state index in [0.29, 0.717) is 0 Å². The van der Waals surface area contributed by atoms with Gasteiger partial charge in [0, 0.05) is 42.6 Å². The molecule has 4 nitrogen and oxygen atoms in total. The molecule has 0 radical (unpaired) electrons. The first-order chi connectivity index (χ1) is 10.9. The second kappa shape index (κ2) is 5.29. The van der Waals surface area contributed by atoms with Gasteiger partial charge in [-0.2, -0.15) is 0 Å². The van der Waals surface area contributed by atoms with Crippen molar-refractivity contribution in [2.45, 2.75) is 0 Å². The molecule has 3 heterocycles. The van der Waals surface area contributed by atoms with Crippen molar-refractivity contribution < 1.29 is 19.5 Å². The molecule has 0 N–H and O–H groups in total. The fourth-order valence-corrected chi connectivity index (χ4v) is 2.95. The van der Waals surface area contributed by atoms with Crippen LogP contribution < -0.4 is 0 Å². The quantitative estimate of drug-likeness (QED) is 0.231. The minimum atomic E-state index is 0. The van der Waals surface area contributed by atoms with E-state index in [9.17, 15) is 0 Å². The Morgan fingerprint density at radius 3 is 1.48 bits per heavy atom. The zero-order chi connectivity index (χ0) is 14.5. The van der Waals surface area contributed by atoms with E-state index in [4.69, 9.17) is 9.97 Å². The van der Waals surface area contributed by atoms with Crippen molar-refractivity contribution in [3.63, 3.8) is 0 Å². The molecule has 0 saturated carbocycles. The fourth-order valence-electron chi connectivity index (χ4n) is 2.95. The largest absolute Gasteiger partial charge is 0.254 e. The third-order valence-electron chi connectivity index (χ3n) is 3.92. The monoisotopic (exact) mass is 384 g/mol. The van der Waals surface area contributed by atoms with Crippen LogP contribution in [0.25, 0.3) is 43.9 Å². The molecule has 0 amide bonds. The number of nitrogens with zero attached hydrogens (tertiary/aromatic N) is 4. The van der Waals surface area contributed by atoms with Gasteiger partial charge in [-0.3, -0.25) is 9.97 Å². The van der Waals surface area contributed by atoms with E-state index in [1.54, 1.807) is 12.4 Å². The molecular weight excluding hydrogens is 373 g/mol. The van der Waals surface area contributed by atoms with Gasteiger partial charge >= 0.3 is 0 Å². The number of benzene rings is 2. The predicted octanol–water partition coefficient (Wildman–Crippen LogP) is 3.88. The summed E-state index contributed by atoms with van der Waals surface area (Å²) in [6.07, 6.45) is 3.58. The third kappa shape index (κ3) is 2.01. The Hall–Kier alpha value is -2.52. The number of rotatable bonds is 0. The van der Waals surface area contributed by atoms with E-state index in [1.165, 1.54) is 0 Å². The summed E-state index contributed by atoms with van der Waals surface area (Å²) in [5.74, 6) is 0. The predicted molar refractivity (Wildman–Crippen MR) is 87.6 cm³/mol. The van der Waals surface area contributed by atoms with Crippen molar-refractivity contribution in [3.8, 4) is 0 Å². The normalized spacial score (nSPS) is 11.1. The van der Waals surface area contributed by atoms with Crippen LogP contribution in [-0.2, 0) is 19.5 Å². The second-order valence-electron chi connectivity index (χ2n) is 5.21. The number of aromatic nitrogens is 4. The maximum atomic E-state index is 4.83. The summed E-state index contributed by atoms with van der Waals surface area (Å²) in [5, 5.41) is 1.98. The van der Waals surface area contributed by atoms with Crippen molar-refractivity contribution in [1.82, 2.24) is 19.9 Å². The van der Waals surface area contributed by atoms with E-state index < -0.39 is 0 Å². The Balaban J connectivity index is 0.00000135. The van der Waals surface area contributed by atoms with Crippen LogP contribution in [-0.4, -0.2) is 19.9 Å². The van der Waals surface area contributed by atoms with E-state index in [1.807, 2.05) is 48.5 Å². The molecule has 0 aliphatic rings. The van der Waals surface area contributed by atoms with Crippen LogP contribution in [0.1, 0.15) is 0 Å². The maximum Gasteiger partial charge on any atom is 0.0996 e. The molecular formula is C18H10N4Ru. The van der Waals surface area contributed by atoms with Crippen LogP contribution in [0.2, 0.25) is 0 Å². The van der Waals surface area contributed by atoms with E-state index >= 15 is 0 Å². The van der Waals surface area contributed by atoms with Gasteiger partial charge in [0.05, 0.1) is 33.1 Å². The molecule has 5 rings (SSSR count). The molecule has 0 bridgehead atoms. The SMILES string of the molecule is [Ru].c1ccc2nc3c4cccnc4c4ncccc4c3nc2c1. The van der Waals surface area contributed by atoms with Gasteiger partial charge in [-0.05, 0) is 36.4 Å². The molecule has 0 atom stereocenters. The van der Waals surface area contributed by atoms with Gasteiger partial charge in [-0.25, -0.2) is 9.97 Å². The molecule has 0 spiro atoms. The van der Waals surface area contributed by atoms with Crippen LogP contribution in [0.3, 0.4) is 0 Å². The Bertz CT molecular complexity index is 1090.